The predicted molar refractivity (Wildman–Crippen MR) is 93.8 cm³/mol. The zero-order chi connectivity index (χ0) is 20.0. The van der Waals surface area contributed by atoms with Crippen LogP contribution in [-0.4, -0.2) is 44.6 Å². The van der Waals surface area contributed by atoms with Gasteiger partial charge in [0, 0.05) is 11.6 Å². The van der Waals surface area contributed by atoms with Gasteiger partial charge >= 0.3 is 5.97 Å². The second-order valence-electron chi connectivity index (χ2n) is 5.21. The Labute approximate surface area is 154 Å². The van der Waals surface area contributed by atoms with Gasteiger partial charge in [0.25, 0.3) is 5.69 Å². The van der Waals surface area contributed by atoms with Crippen LogP contribution >= 0.6 is 0 Å². The monoisotopic (exact) mass is 375 g/mol. The predicted octanol–water partition coefficient (Wildman–Crippen LogP) is 2.66. The number of hydrogen-bond acceptors (Lipinski definition) is 8. The van der Waals surface area contributed by atoms with E-state index in [1.165, 1.54) is 33.5 Å². The topological polar surface area (TPSA) is 114 Å². The van der Waals surface area contributed by atoms with Gasteiger partial charge in [0.2, 0.25) is 0 Å². The summed E-state index contributed by atoms with van der Waals surface area (Å²) in [6.45, 7) is -0.573. The number of Topliss-reactive ketones (excluding diaryl/α,β-unsaturated/α-hetero) is 1. The summed E-state index contributed by atoms with van der Waals surface area (Å²) in [5.74, 6) is -0.699. The van der Waals surface area contributed by atoms with Gasteiger partial charge in [-0.1, -0.05) is 0 Å². The molecule has 0 amide bonds. The third-order valence-corrected chi connectivity index (χ3v) is 3.66. The molecule has 0 aliphatic carbocycles. The van der Waals surface area contributed by atoms with E-state index in [0.29, 0.717) is 11.3 Å². The molecule has 0 bridgehead atoms. The number of esters is 1. The van der Waals surface area contributed by atoms with E-state index < -0.39 is 29.0 Å². The molecule has 0 unspecified atom stereocenters. The van der Waals surface area contributed by atoms with Gasteiger partial charge in [-0.3, -0.25) is 14.9 Å². The van der Waals surface area contributed by atoms with E-state index in [1.807, 2.05) is 0 Å². The molecular weight excluding hydrogens is 358 g/mol. The molecule has 0 aliphatic rings. The van der Waals surface area contributed by atoms with Crippen molar-refractivity contribution in [2.75, 3.05) is 27.9 Å². The van der Waals surface area contributed by atoms with Crippen LogP contribution in [0.15, 0.2) is 36.4 Å². The molecule has 142 valence electrons. The Hall–Kier alpha value is -3.62. The van der Waals surface area contributed by atoms with Crippen LogP contribution in [0.2, 0.25) is 0 Å². The molecule has 2 aromatic rings. The molecule has 0 fully saturated rings. The Morgan fingerprint density at radius 2 is 1.56 bits per heavy atom. The summed E-state index contributed by atoms with van der Waals surface area (Å²) in [4.78, 5) is 34.9. The molecule has 0 radical (unpaired) electrons. The van der Waals surface area contributed by atoms with Crippen LogP contribution in [0.4, 0.5) is 5.69 Å². The fourth-order valence-electron chi connectivity index (χ4n) is 2.25. The molecule has 2 aromatic carbocycles. The van der Waals surface area contributed by atoms with Crippen LogP contribution < -0.4 is 14.2 Å². The zero-order valence-corrected chi connectivity index (χ0v) is 14.9. The molecule has 9 heteroatoms. The maximum Gasteiger partial charge on any atom is 0.345 e. The Kier molecular flexibility index (Phi) is 6.32. The Balaban J connectivity index is 2.19. The van der Waals surface area contributed by atoms with Crippen LogP contribution in [0.25, 0.3) is 0 Å². The Morgan fingerprint density at radius 3 is 2.07 bits per heavy atom. The maximum absolute atomic E-state index is 12.3. The van der Waals surface area contributed by atoms with Crippen LogP contribution in [0, 0.1) is 10.1 Å². The molecule has 0 aliphatic heterocycles. The van der Waals surface area contributed by atoms with E-state index in [0.717, 1.165) is 12.1 Å². The fourth-order valence-corrected chi connectivity index (χ4v) is 2.25. The minimum atomic E-state index is -1.02. The highest BCUT2D eigenvalue weighted by Gasteiger charge is 2.26. The summed E-state index contributed by atoms with van der Waals surface area (Å²) >= 11 is 0. The van der Waals surface area contributed by atoms with Crippen molar-refractivity contribution in [2.45, 2.75) is 0 Å². The number of carbonyl (C=O) groups is 2. The van der Waals surface area contributed by atoms with E-state index in [4.69, 9.17) is 18.9 Å². The van der Waals surface area contributed by atoms with Crippen LogP contribution in [0.5, 0.6) is 17.2 Å². The first-order valence-corrected chi connectivity index (χ1v) is 7.66. The summed E-state index contributed by atoms with van der Waals surface area (Å²) < 4.78 is 20.0. The minimum Gasteiger partial charge on any atom is -0.497 e. The number of rotatable bonds is 8. The molecule has 27 heavy (non-hydrogen) atoms. The van der Waals surface area contributed by atoms with E-state index in [9.17, 15) is 19.7 Å². The van der Waals surface area contributed by atoms with Crippen molar-refractivity contribution in [3.05, 3.63) is 57.6 Å². The summed E-state index contributed by atoms with van der Waals surface area (Å²) in [5.41, 5.74) is -0.555. The quantitative estimate of drug-likeness (QED) is 0.299. The fraction of sp³-hybridized carbons (Fsp3) is 0.222. The number of carbonyl (C=O) groups excluding carboxylic acids is 2. The summed E-state index contributed by atoms with van der Waals surface area (Å²) in [6.07, 6.45) is 0. The lowest BCUT2D eigenvalue weighted by Crippen LogP contribution is -2.15. The van der Waals surface area contributed by atoms with Crippen LogP contribution in [-0.2, 0) is 4.74 Å². The van der Waals surface area contributed by atoms with Gasteiger partial charge in [0.1, 0.15) is 11.3 Å². The molecule has 9 nitrogen and oxygen atoms in total. The lowest BCUT2D eigenvalue weighted by molar-refractivity contribution is -0.385. The largest absolute Gasteiger partial charge is 0.497 e. The number of hydrogen-bond donors (Lipinski definition) is 0. The van der Waals surface area contributed by atoms with Crippen molar-refractivity contribution >= 4 is 17.4 Å². The number of nitro benzene ring substituents is 1. The van der Waals surface area contributed by atoms with Crippen molar-refractivity contribution in [2.24, 2.45) is 0 Å². The number of nitro groups is 1. The highest BCUT2D eigenvalue weighted by Crippen LogP contribution is 2.34. The van der Waals surface area contributed by atoms with Gasteiger partial charge in [0.15, 0.2) is 23.9 Å². The van der Waals surface area contributed by atoms with Gasteiger partial charge in [-0.2, -0.15) is 0 Å². The molecule has 0 atom stereocenters. The van der Waals surface area contributed by atoms with Gasteiger partial charge in [0.05, 0.1) is 32.3 Å². The second kappa shape index (κ2) is 8.65. The van der Waals surface area contributed by atoms with Crippen LogP contribution in [0.1, 0.15) is 20.7 Å². The number of ketones is 1. The lowest BCUT2D eigenvalue weighted by Gasteiger charge is -2.10. The average molecular weight is 375 g/mol. The number of ether oxygens (including phenoxy) is 4. The standard InChI is InChI=1S/C18H17NO8/c1-24-12-6-4-11(5-7-12)15(20)10-27-18(21)13-8-16(25-2)17(26-3)9-14(13)19(22)23/h4-9H,10H2,1-3H3. The summed E-state index contributed by atoms with van der Waals surface area (Å²) in [6, 6.07) is 8.42. The van der Waals surface area contributed by atoms with Crippen molar-refractivity contribution < 1.29 is 33.5 Å². The molecule has 2 rings (SSSR count). The van der Waals surface area contributed by atoms with Crippen LogP contribution in [0.3, 0.4) is 0 Å². The minimum absolute atomic E-state index is 0.0926. The van der Waals surface area contributed by atoms with Crippen molar-refractivity contribution in [1.29, 1.82) is 0 Å². The highest BCUT2D eigenvalue weighted by atomic mass is 16.6. The van der Waals surface area contributed by atoms with Gasteiger partial charge < -0.3 is 18.9 Å². The third-order valence-electron chi connectivity index (χ3n) is 3.66. The second-order valence-corrected chi connectivity index (χ2v) is 5.21. The molecule has 0 saturated heterocycles. The molecule has 0 aromatic heterocycles. The number of nitrogens with zero attached hydrogens (tertiary/aromatic N) is 1. The van der Waals surface area contributed by atoms with Gasteiger partial charge in [-0.15, -0.1) is 0 Å². The Bertz CT molecular complexity index is 860. The molecular formula is C18H17NO8. The van der Waals surface area contributed by atoms with E-state index in [1.54, 1.807) is 12.1 Å². The first kappa shape index (κ1) is 19.7. The zero-order valence-electron chi connectivity index (χ0n) is 14.9. The highest BCUT2D eigenvalue weighted by molar-refractivity contribution is 6.00. The average Bonchev–Trinajstić information content (AvgIpc) is 2.70. The number of benzene rings is 2. The van der Waals surface area contributed by atoms with E-state index in [2.05, 4.69) is 0 Å². The first-order chi connectivity index (χ1) is 12.9. The molecule has 0 N–H and O–H groups in total. The molecule has 0 spiro atoms. The van der Waals surface area contributed by atoms with Crippen molar-refractivity contribution in [1.82, 2.24) is 0 Å². The number of methoxy groups -OCH3 is 3. The van der Waals surface area contributed by atoms with Gasteiger partial charge in [-0.25, -0.2) is 4.79 Å². The van der Waals surface area contributed by atoms with Crippen molar-refractivity contribution in [3.8, 4) is 17.2 Å². The van der Waals surface area contributed by atoms with Crippen molar-refractivity contribution in [3.63, 3.8) is 0 Å². The van der Waals surface area contributed by atoms with E-state index >= 15 is 0 Å². The van der Waals surface area contributed by atoms with Gasteiger partial charge in [-0.05, 0) is 24.3 Å². The Morgan fingerprint density at radius 1 is 0.963 bits per heavy atom. The lowest BCUT2D eigenvalue weighted by atomic mass is 10.1. The normalized spacial score (nSPS) is 10.0. The SMILES string of the molecule is COc1ccc(C(=O)COC(=O)c2cc(OC)c(OC)cc2[N+](=O)[O-])cc1. The smallest absolute Gasteiger partial charge is 0.345 e. The summed E-state index contributed by atoms with van der Waals surface area (Å²) in [5, 5.41) is 11.2. The molecule has 0 saturated carbocycles. The maximum atomic E-state index is 12.3. The summed E-state index contributed by atoms with van der Waals surface area (Å²) in [7, 11) is 4.13. The third kappa shape index (κ3) is 4.51. The first-order valence-electron chi connectivity index (χ1n) is 7.66. The molecule has 0 heterocycles. The van der Waals surface area contributed by atoms with E-state index in [-0.39, 0.29) is 17.1 Å².